The summed E-state index contributed by atoms with van der Waals surface area (Å²) in [5.74, 6) is 3.00. The minimum atomic E-state index is 0. The monoisotopic (exact) mass is 419 g/mol. The standard InChI is InChI=1S/C18H29N5O2.2ClH/c1-12-20-16(25-21-12)11-22-5-7-23(8-6-22)18(24)15-9-13-3-2-4-14(10-15)17(13)19;;/h13-15,17H,2-11,19H2,1H3;2*1H. The Morgan fingerprint density at radius 3 is 2.33 bits per heavy atom. The average molecular weight is 420 g/mol. The third-order valence-electron chi connectivity index (χ3n) is 6.37. The summed E-state index contributed by atoms with van der Waals surface area (Å²) in [6.45, 7) is 5.83. The molecule has 2 saturated carbocycles. The van der Waals surface area contributed by atoms with E-state index in [0.29, 0.717) is 42.0 Å². The number of aromatic nitrogens is 2. The molecule has 9 heteroatoms. The molecule has 1 aliphatic heterocycles. The molecule has 27 heavy (non-hydrogen) atoms. The molecule has 1 saturated heterocycles. The number of nitrogens with two attached hydrogens (primary N) is 1. The second-order valence-corrected chi connectivity index (χ2v) is 8.03. The summed E-state index contributed by atoms with van der Waals surface area (Å²) < 4.78 is 5.19. The fourth-order valence-electron chi connectivity index (χ4n) is 4.97. The van der Waals surface area contributed by atoms with Crippen molar-refractivity contribution in [2.24, 2.45) is 23.5 Å². The first kappa shape index (κ1) is 22.4. The van der Waals surface area contributed by atoms with Crippen LogP contribution in [0.3, 0.4) is 0 Å². The van der Waals surface area contributed by atoms with Gasteiger partial charge in [-0.3, -0.25) is 9.69 Å². The van der Waals surface area contributed by atoms with Crippen LogP contribution in [0.2, 0.25) is 0 Å². The number of halogens is 2. The molecule has 2 atom stereocenters. The first-order valence-electron chi connectivity index (χ1n) is 9.66. The number of hydrogen-bond acceptors (Lipinski definition) is 6. The largest absolute Gasteiger partial charge is 0.340 e. The van der Waals surface area contributed by atoms with Gasteiger partial charge in [0.05, 0.1) is 6.54 Å². The van der Waals surface area contributed by atoms with E-state index in [1.54, 1.807) is 0 Å². The minimum Gasteiger partial charge on any atom is -0.340 e. The van der Waals surface area contributed by atoms with Gasteiger partial charge in [-0.25, -0.2) is 0 Å². The average Bonchev–Trinajstić information content (AvgIpc) is 2.99. The van der Waals surface area contributed by atoms with Gasteiger partial charge in [-0.1, -0.05) is 11.6 Å². The van der Waals surface area contributed by atoms with Crippen molar-refractivity contribution in [1.82, 2.24) is 19.9 Å². The van der Waals surface area contributed by atoms with Crippen LogP contribution in [0.1, 0.15) is 43.8 Å². The van der Waals surface area contributed by atoms with Crippen LogP contribution in [0, 0.1) is 24.7 Å². The highest BCUT2D eigenvalue weighted by molar-refractivity contribution is 5.85. The van der Waals surface area contributed by atoms with Crippen LogP contribution in [-0.4, -0.2) is 58.1 Å². The predicted molar refractivity (Wildman–Crippen MR) is 107 cm³/mol. The number of hydrogen-bond donors (Lipinski definition) is 1. The van der Waals surface area contributed by atoms with Gasteiger partial charge in [0.1, 0.15) is 0 Å². The molecule has 0 aromatic carbocycles. The van der Waals surface area contributed by atoms with Gasteiger partial charge in [-0.05, 0) is 44.4 Å². The topological polar surface area (TPSA) is 88.5 Å². The molecular weight excluding hydrogens is 389 g/mol. The molecule has 0 spiro atoms. The molecule has 1 aromatic rings. The second kappa shape index (κ2) is 9.54. The Kier molecular flexibility index (Phi) is 7.92. The lowest BCUT2D eigenvalue weighted by molar-refractivity contribution is -0.140. The zero-order valence-electron chi connectivity index (χ0n) is 15.9. The highest BCUT2D eigenvalue weighted by atomic mass is 35.5. The van der Waals surface area contributed by atoms with Crippen LogP contribution in [0.5, 0.6) is 0 Å². The van der Waals surface area contributed by atoms with Crippen molar-refractivity contribution in [1.29, 1.82) is 0 Å². The van der Waals surface area contributed by atoms with Gasteiger partial charge in [0.2, 0.25) is 11.8 Å². The van der Waals surface area contributed by atoms with Crippen molar-refractivity contribution in [2.45, 2.75) is 51.6 Å². The summed E-state index contributed by atoms with van der Waals surface area (Å²) in [6, 6.07) is 0.326. The number of amides is 1. The number of rotatable bonds is 3. The molecule has 4 rings (SSSR count). The van der Waals surface area contributed by atoms with Crippen molar-refractivity contribution in [3.8, 4) is 0 Å². The molecule has 154 valence electrons. The van der Waals surface area contributed by atoms with Gasteiger partial charge >= 0.3 is 0 Å². The molecule has 1 aromatic heterocycles. The number of nitrogens with zero attached hydrogens (tertiary/aromatic N) is 4. The smallest absolute Gasteiger partial charge is 0.240 e. The number of fused-ring (bicyclic) bond motifs is 2. The van der Waals surface area contributed by atoms with Gasteiger partial charge in [0.15, 0.2) is 5.82 Å². The SMILES string of the molecule is Cc1noc(CN2CCN(C(=O)C3CC4CCCC(C3)C4N)CC2)n1.Cl.Cl. The summed E-state index contributed by atoms with van der Waals surface area (Å²) in [5.41, 5.74) is 6.37. The summed E-state index contributed by atoms with van der Waals surface area (Å²) in [7, 11) is 0. The Hall–Kier alpha value is -0.890. The van der Waals surface area contributed by atoms with Gasteiger partial charge in [0.25, 0.3) is 0 Å². The maximum Gasteiger partial charge on any atom is 0.240 e. The first-order chi connectivity index (χ1) is 12.1. The Morgan fingerprint density at radius 2 is 1.78 bits per heavy atom. The van der Waals surface area contributed by atoms with E-state index in [1.165, 1.54) is 19.3 Å². The summed E-state index contributed by atoms with van der Waals surface area (Å²) in [4.78, 5) is 21.6. The van der Waals surface area contributed by atoms with E-state index in [-0.39, 0.29) is 30.7 Å². The Labute approximate surface area is 173 Å². The molecule has 2 N–H and O–H groups in total. The van der Waals surface area contributed by atoms with Crippen LogP contribution in [0.4, 0.5) is 0 Å². The van der Waals surface area contributed by atoms with Crippen LogP contribution in [0.15, 0.2) is 4.52 Å². The molecule has 2 unspecified atom stereocenters. The van der Waals surface area contributed by atoms with Gasteiger partial charge in [-0.15, -0.1) is 24.8 Å². The van der Waals surface area contributed by atoms with E-state index in [0.717, 1.165) is 39.0 Å². The highest BCUT2D eigenvalue weighted by Crippen LogP contribution is 2.42. The zero-order chi connectivity index (χ0) is 17.4. The van der Waals surface area contributed by atoms with E-state index in [2.05, 4.69) is 19.9 Å². The molecule has 0 radical (unpaired) electrons. The quantitative estimate of drug-likeness (QED) is 0.805. The minimum absolute atomic E-state index is 0. The molecule has 2 bridgehead atoms. The molecule has 7 nitrogen and oxygen atoms in total. The second-order valence-electron chi connectivity index (χ2n) is 8.03. The fraction of sp³-hybridized carbons (Fsp3) is 0.833. The maximum absolute atomic E-state index is 13.0. The lowest BCUT2D eigenvalue weighted by atomic mass is 9.65. The molecule has 2 heterocycles. The number of carbonyl (C=O) groups is 1. The third-order valence-corrected chi connectivity index (χ3v) is 6.37. The van der Waals surface area contributed by atoms with Gasteiger partial charge in [0, 0.05) is 38.1 Å². The first-order valence-corrected chi connectivity index (χ1v) is 9.66. The van der Waals surface area contributed by atoms with Crippen molar-refractivity contribution in [2.75, 3.05) is 26.2 Å². The van der Waals surface area contributed by atoms with E-state index in [1.807, 2.05) is 6.92 Å². The summed E-state index contributed by atoms with van der Waals surface area (Å²) in [5, 5.41) is 3.83. The number of carbonyl (C=O) groups excluding carboxylic acids is 1. The zero-order valence-corrected chi connectivity index (χ0v) is 17.5. The van der Waals surface area contributed by atoms with E-state index < -0.39 is 0 Å². The normalized spacial score (nSPS) is 31.0. The van der Waals surface area contributed by atoms with E-state index in [4.69, 9.17) is 10.3 Å². The Morgan fingerprint density at radius 1 is 1.15 bits per heavy atom. The molecule has 3 fully saturated rings. The van der Waals surface area contributed by atoms with E-state index in [9.17, 15) is 4.79 Å². The van der Waals surface area contributed by atoms with Crippen molar-refractivity contribution in [3.05, 3.63) is 11.7 Å². The predicted octanol–water partition coefficient (Wildman–Crippen LogP) is 2.02. The van der Waals surface area contributed by atoms with Crippen LogP contribution < -0.4 is 5.73 Å². The Balaban J connectivity index is 0.00000131. The summed E-state index contributed by atoms with van der Waals surface area (Å²) >= 11 is 0. The fourth-order valence-corrected chi connectivity index (χ4v) is 4.97. The number of aryl methyl sites for hydroxylation is 1. The molecular formula is C18H31Cl2N5O2. The van der Waals surface area contributed by atoms with Crippen LogP contribution in [0.25, 0.3) is 0 Å². The Bertz CT molecular complexity index is 607. The maximum atomic E-state index is 13.0. The molecule has 2 aliphatic carbocycles. The van der Waals surface area contributed by atoms with Crippen molar-refractivity contribution < 1.29 is 9.32 Å². The van der Waals surface area contributed by atoms with Crippen LogP contribution in [-0.2, 0) is 11.3 Å². The summed E-state index contributed by atoms with van der Waals surface area (Å²) in [6.07, 6.45) is 5.70. The lowest BCUT2D eigenvalue weighted by Gasteiger charge is -2.45. The molecule has 1 amide bonds. The van der Waals surface area contributed by atoms with Gasteiger partial charge in [-0.2, -0.15) is 4.98 Å². The highest BCUT2D eigenvalue weighted by Gasteiger charge is 2.41. The van der Waals surface area contributed by atoms with Crippen molar-refractivity contribution in [3.63, 3.8) is 0 Å². The lowest BCUT2D eigenvalue weighted by Crippen LogP contribution is -2.53. The third kappa shape index (κ3) is 4.94. The van der Waals surface area contributed by atoms with E-state index >= 15 is 0 Å². The van der Waals surface area contributed by atoms with Crippen molar-refractivity contribution >= 4 is 30.7 Å². The number of piperazine rings is 1. The molecule has 3 aliphatic rings. The van der Waals surface area contributed by atoms with Crippen LogP contribution >= 0.6 is 24.8 Å². The van der Waals surface area contributed by atoms with Gasteiger partial charge < -0.3 is 15.2 Å².